The first-order valence-corrected chi connectivity index (χ1v) is 4.18. The van der Waals surface area contributed by atoms with Gasteiger partial charge in [0.2, 0.25) is 0 Å². The van der Waals surface area contributed by atoms with Gasteiger partial charge in [-0.15, -0.1) is 0 Å². The molecule has 0 aliphatic carbocycles. The van der Waals surface area contributed by atoms with Gasteiger partial charge in [0.15, 0.2) is 0 Å². The van der Waals surface area contributed by atoms with Gasteiger partial charge in [0.05, 0.1) is 0 Å². The van der Waals surface area contributed by atoms with Crippen molar-refractivity contribution >= 4 is 11.1 Å². The number of aliphatic hydroxyl groups is 1. The highest BCUT2D eigenvalue weighted by Crippen LogP contribution is 1.94. The summed E-state index contributed by atoms with van der Waals surface area (Å²) in [6, 6.07) is 0. The Morgan fingerprint density at radius 3 is 2.44 bits per heavy atom. The molecule has 1 atom stereocenters. The van der Waals surface area contributed by atoms with Gasteiger partial charge < -0.3 is 9.66 Å². The summed E-state index contributed by atoms with van der Waals surface area (Å²) in [5.41, 5.74) is 0. The first-order chi connectivity index (χ1) is 4.27. The number of unbranched alkanes of at least 4 members (excludes halogenated alkanes) is 2. The first kappa shape index (κ1) is 9.07. The SMILES string of the molecule is O=S([O-])CCCCCO. The van der Waals surface area contributed by atoms with Crippen molar-refractivity contribution in [3.05, 3.63) is 0 Å². The molecule has 0 aliphatic rings. The van der Waals surface area contributed by atoms with Crippen LogP contribution < -0.4 is 0 Å². The van der Waals surface area contributed by atoms with Crippen molar-refractivity contribution in [3.8, 4) is 0 Å². The quantitative estimate of drug-likeness (QED) is 0.445. The molecule has 0 radical (unpaired) electrons. The van der Waals surface area contributed by atoms with Gasteiger partial charge in [-0.1, -0.05) is 17.5 Å². The molecule has 9 heavy (non-hydrogen) atoms. The fourth-order valence-corrected chi connectivity index (χ4v) is 0.948. The van der Waals surface area contributed by atoms with Crippen molar-refractivity contribution < 1.29 is 13.9 Å². The van der Waals surface area contributed by atoms with Gasteiger partial charge in [-0.2, -0.15) is 0 Å². The van der Waals surface area contributed by atoms with Crippen LogP contribution in [0.3, 0.4) is 0 Å². The van der Waals surface area contributed by atoms with Crippen molar-refractivity contribution in [2.75, 3.05) is 12.4 Å². The molecule has 1 unspecified atom stereocenters. The van der Waals surface area contributed by atoms with Crippen LogP contribution >= 0.6 is 0 Å². The summed E-state index contributed by atoms with van der Waals surface area (Å²) in [6.07, 6.45) is 2.17. The third kappa shape index (κ3) is 8.07. The molecule has 0 amide bonds. The van der Waals surface area contributed by atoms with E-state index in [1.54, 1.807) is 0 Å². The van der Waals surface area contributed by atoms with Crippen LogP contribution in [0.4, 0.5) is 0 Å². The van der Waals surface area contributed by atoms with E-state index in [1.807, 2.05) is 0 Å². The number of hydrogen-bond donors (Lipinski definition) is 1. The van der Waals surface area contributed by atoms with E-state index in [-0.39, 0.29) is 12.4 Å². The molecule has 0 aromatic rings. The summed E-state index contributed by atoms with van der Waals surface area (Å²) in [5, 5.41) is 8.28. The predicted octanol–water partition coefficient (Wildman–Crippen LogP) is 0.0281. The van der Waals surface area contributed by atoms with E-state index >= 15 is 0 Å². The Kier molecular flexibility index (Phi) is 6.24. The zero-order chi connectivity index (χ0) is 7.11. The standard InChI is InChI=1S/C5H12O3S/c6-4-2-1-3-5-9(7)8/h6H,1-5H2,(H,7,8)/p-1. The molecule has 0 rings (SSSR count). The second-order valence-corrected chi connectivity index (χ2v) is 2.81. The largest absolute Gasteiger partial charge is 0.772 e. The minimum atomic E-state index is -1.90. The molecule has 3 nitrogen and oxygen atoms in total. The van der Waals surface area contributed by atoms with E-state index in [0.29, 0.717) is 12.8 Å². The topological polar surface area (TPSA) is 60.4 Å². The Labute approximate surface area is 57.4 Å². The lowest BCUT2D eigenvalue weighted by Gasteiger charge is -2.02. The van der Waals surface area contributed by atoms with E-state index in [2.05, 4.69) is 0 Å². The van der Waals surface area contributed by atoms with E-state index in [1.165, 1.54) is 0 Å². The summed E-state index contributed by atoms with van der Waals surface area (Å²) in [7, 11) is 0. The molecule has 0 saturated carbocycles. The van der Waals surface area contributed by atoms with E-state index in [4.69, 9.17) is 5.11 Å². The van der Waals surface area contributed by atoms with E-state index < -0.39 is 11.1 Å². The van der Waals surface area contributed by atoms with Crippen LogP contribution in [0.1, 0.15) is 19.3 Å². The van der Waals surface area contributed by atoms with Gasteiger partial charge in [0.25, 0.3) is 0 Å². The van der Waals surface area contributed by atoms with Gasteiger partial charge in [-0.05, 0) is 12.8 Å². The van der Waals surface area contributed by atoms with Crippen LogP contribution in [0.5, 0.6) is 0 Å². The van der Waals surface area contributed by atoms with Gasteiger partial charge in [-0.3, -0.25) is 4.21 Å². The molecule has 0 spiro atoms. The molecule has 0 fully saturated rings. The summed E-state index contributed by atoms with van der Waals surface area (Å²) < 4.78 is 19.8. The molecule has 4 heteroatoms. The van der Waals surface area contributed by atoms with Crippen molar-refractivity contribution in [3.63, 3.8) is 0 Å². The predicted molar refractivity (Wildman–Crippen MR) is 34.7 cm³/mol. The van der Waals surface area contributed by atoms with Crippen molar-refractivity contribution in [2.24, 2.45) is 0 Å². The van der Waals surface area contributed by atoms with Crippen molar-refractivity contribution in [1.82, 2.24) is 0 Å². The molecule has 0 aromatic carbocycles. The number of aliphatic hydroxyl groups excluding tert-OH is 1. The molecule has 0 aliphatic heterocycles. The second-order valence-electron chi connectivity index (χ2n) is 1.79. The Bertz CT molecular complexity index is 84.3. The maximum atomic E-state index is 9.90. The van der Waals surface area contributed by atoms with Gasteiger partial charge in [0, 0.05) is 12.4 Å². The summed E-state index contributed by atoms with van der Waals surface area (Å²) in [5.74, 6) is 0.222. The summed E-state index contributed by atoms with van der Waals surface area (Å²) in [6.45, 7) is 0.158. The maximum absolute atomic E-state index is 9.90. The van der Waals surface area contributed by atoms with Gasteiger partial charge in [0.1, 0.15) is 0 Å². The number of hydrogen-bond acceptors (Lipinski definition) is 3. The molecule has 56 valence electrons. The molecule has 0 heterocycles. The fourth-order valence-electron chi connectivity index (χ4n) is 0.508. The second kappa shape index (κ2) is 6.19. The third-order valence-corrected chi connectivity index (χ3v) is 1.59. The Morgan fingerprint density at radius 2 is 2.00 bits per heavy atom. The lowest BCUT2D eigenvalue weighted by atomic mass is 10.3. The minimum Gasteiger partial charge on any atom is -0.772 e. The lowest BCUT2D eigenvalue weighted by molar-refractivity contribution is 0.284. The monoisotopic (exact) mass is 151 g/mol. The van der Waals surface area contributed by atoms with Gasteiger partial charge in [-0.25, -0.2) is 0 Å². The molecule has 1 N–H and O–H groups in total. The zero-order valence-electron chi connectivity index (χ0n) is 5.21. The Balaban J connectivity index is 2.83. The van der Waals surface area contributed by atoms with E-state index in [9.17, 15) is 8.76 Å². The average molecular weight is 151 g/mol. The smallest absolute Gasteiger partial charge is 0.0431 e. The zero-order valence-corrected chi connectivity index (χ0v) is 6.02. The lowest BCUT2D eigenvalue weighted by Crippen LogP contribution is -1.95. The van der Waals surface area contributed by atoms with Crippen LogP contribution in [-0.2, 0) is 11.1 Å². The van der Waals surface area contributed by atoms with Crippen LogP contribution in [0.15, 0.2) is 0 Å². The molecule has 0 saturated heterocycles. The minimum absolute atomic E-state index is 0.158. The molecular weight excluding hydrogens is 140 g/mol. The van der Waals surface area contributed by atoms with Crippen molar-refractivity contribution in [1.29, 1.82) is 0 Å². The Hall–Kier alpha value is 0.0700. The highest BCUT2D eigenvalue weighted by atomic mass is 32.2. The highest BCUT2D eigenvalue weighted by Gasteiger charge is 1.86. The highest BCUT2D eigenvalue weighted by molar-refractivity contribution is 7.79. The normalized spacial score (nSPS) is 13.6. The molecule has 0 aromatic heterocycles. The van der Waals surface area contributed by atoms with E-state index in [0.717, 1.165) is 6.42 Å². The van der Waals surface area contributed by atoms with Gasteiger partial charge >= 0.3 is 0 Å². The number of rotatable bonds is 5. The third-order valence-electron chi connectivity index (χ3n) is 0.969. The molecule has 0 bridgehead atoms. The van der Waals surface area contributed by atoms with Crippen molar-refractivity contribution in [2.45, 2.75) is 19.3 Å². The summed E-state index contributed by atoms with van der Waals surface area (Å²) >= 11 is -1.90. The van der Waals surface area contributed by atoms with Crippen LogP contribution in [0.25, 0.3) is 0 Å². The summed E-state index contributed by atoms with van der Waals surface area (Å²) in [4.78, 5) is 0. The van der Waals surface area contributed by atoms with Crippen LogP contribution in [0, 0.1) is 0 Å². The average Bonchev–Trinajstić information content (AvgIpc) is 1.80. The Morgan fingerprint density at radius 1 is 1.33 bits per heavy atom. The van der Waals surface area contributed by atoms with Crippen LogP contribution in [0.2, 0.25) is 0 Å². The first-order valence-electron chi connectivity index (χ1n) is 2.94. The molecular formula is C5H11O3S-. The fraction of sp³-hybridized carbons (Fsp3) is 1.00. The van der Waals surface area contributed by atoms with Crippen LogP contribution in [-0.4, -0.2) is 26.2 Å². The maximum Gasteiger partial charge on any atom is 0.0431 e.